The molecule has 154 valence electrons. The number of benzene rings is 3. The molecule has 0 N–H and O–H groups in total. The molecule has 1 amide bonds. The SMILES string of the molecule is O=C(CSc1ccc2ccccc2c1)N1CCC[C@@H]1c1ccc2c(c1)OCCCO2. The first-order valence-electron chi connectivity index (χ1n) is 10.6. The van der Waals surface area contributed by atoms with Gasteiger partial charge in [0.25, 0.3) is 0 Å². The van der Waals surface area contributed by atoms with Crippen LogP contribution in [0.1, 0.15) is 30.9 Å². The van der Waals surface area contributed by atoms with Crippen LogP contribution < -0.4 is 9.47 Å². The van der Waals surface area contributed by atoms with E-state index in [2.05, 4.69) is 42.5 Å². The minimum absolute atomic E-state index is 0.117. The lowest BCUT2D eigenvalue weighted by molar-refractivity contribution is -0.129. The van der Waals surface area contributed by atoms with Crippen molar-refractivity contribution < 1.29 is 14.3 Å². The highest BCUT2D eigenvalue weighted by molar-refractivity contribution is 8.00. The van der Waals surface area contributed by atoms with Crippen LogP contribution in [0.2, 0.25) is 0 Å². The molecule has 1 atom stereocenters. The monoisotopic (exact) mass is 419 g/mol. The Morgan fingerprint density at radius 3 is 2.67 bits per heavy atom. The minimum Gasteiger partial charge on any atom is -0.490 e. The molecule has 5 heteroatoms. The zero-order chi connectivity index (χ0) is 20.3. The Kier molecular flexibility index (Phi) is 5.54. The molecule has 1 saturated heterocycles. The maximum Gasteiger partial charge on any atom is 0.233 e. The highest BCUT2D eigenvalue weighted by atomic mass is 32.2. The third-order valence-corrected chi connectivity index (χ3v) is 6.79. The molecule has 3 aromatic carbocycles. The minimum atomic E-state index is 0.117. The lowest BCUT2D eigenvalue weighted by atomic mass is 10.0. The third kappa shape index (κ3) is 3.99. The van der Waals surface area contributed by atoms with Gasteiger partial charge in [0.05, 0.1) is 25.0 Å². The van der Waals surface area contributed by atoms with Crippen molar-refractivity contribution >= 4 is 28.4 Å². The molecule has 0 saturated carbocycles. The van der Waals surface area contributed by atoms with Crippen LogP contribution >= 0.6 is 11.8 Å². The second kappa shape index (κ2) is 8.60. The second-order valence-electron chi connectivity index (χ2n) is 7.80. The van der Waals surface area contributed by atoms with Crippen LogP contribution in [0.3, 0.4) is 0 Å². The first-order valence-corrected chi connectivity index (χ1v) is 11.6. The topological polar surface area (TPSA) is 38.8 Å². The van der Waals surface area contributed by atoms with Gasteiger partial charge < -0.3 is 14.4 Å². The third-order valence-electron chi connectivity index (χ3n) is 5.81. The molecule has 2 heterocycles. The van der Waals surface area contributed by atoms with E-state index >= 15 is 0 Å². The summed E-state index contributed by atoms with van der Waals surface area (Å²) in [5.41, 5.74) is 1.14. The summed E-state index contributed by atoms with van der Waals surface area (Å²) in [5, 5.41) is 2.43. The van der Waals surface area contributed by atoms with Gasteiger partial charge in [-0.1, -0.05) is 36.4 Å². The molecule has 1 fully saturated rings. The van der Waals surface area contributed by atoms with Gasteiger partial charge in [0.15, 0.2) is 11.5 Å². The van der Waals surface area contributed by atoms with Gasteiger partial charge in [0.1, 0.15) is 0 Å². The van der Waals surface area contributed by atoms with Crippen LogP contribution in [0.5, 0.6) is 11.5 Å². The second-order valence-corrected chi connectivity index (χ2v) is 8.85. The van der Waals surface area contributed by atoms with Gasteiger partial charge in [-0.2, -0.15) is 0 Å². The first-order chi connectivity index (χ1) is 14.8. The highest BCUT2D eigenvalue weighted by Gasteiger charge is 2.30. The number of ether oxygens (including phenoxy) is 2. The van der Waals surface area contributed by atoms with E-state index in [0.717, 1.165) is 47.8 Å². The molecular formula is C25H25NO3S. The smallest absolute Gasteiger partial charge is 0.233 e. The molecule has 0 spiro atoms. The summed E-state index contributed by atoms with van der Waals surface area (Å²) in [4.78, 5) is 16.2. The molecule has 0 radical (unpaired) electrons. The van der Waals surface area contributed by atoms with E-state index in [4.69, 9.17) is 9.47 Å². The molecule has 0 aliphatic carbocycles. The van der Waals surface area contributed by atoms with E-state index in [1.54, 1.807) is 11.8 Å². The fraction of sp³-hybridized carbons (Fsp3) is 0.320. The highest BCUT2D eigenvalue weighted by Crippen LogP contribution is 2.38. The first kappa shape index (κ1) is 19.3. The van der Waals surface area contributed by atoms with Gasteiger partial charge in [0.2, 0.25) is 5.91 Å². The number of amides is 1. The summed E-state index contributed by atoms with van der Waals surface area (Å²) in [6, 6.07) is 21.0. The Labute approximate surface area is 181 Å². The summed E-state index contributed by atoms with van der Waals surface area (Å²) in [7, 11) is 0. The molecule has 30 heavy (non-hydrogen) atoms. The van der Waals surface area contributed by atoms with Crippen LogP contribution in [0, 0.1) is 0 Å². The summed E-state index contributed by atoms with van der Waals surface area (Å²) >= 11 is 1.62. The summed E-state index contributed by atoms with van der Waals surface area (Å²) in [6.07, 6.45) is 2.92. The molecule has 2 aliphatic heterocycles. The number of carbonyl (C=O) groups is 1. The van der Waals surface area contributed by atoms with E-state index in [-0.39, 0.29) is 11.9 Å². The zero-order valence-electron chi connectivity index (χ0n) is 16.9. The fourth-order valence-corrected chi connectivity index (χ4v) is 5.11. The van der Waals surface area contributed by atoms with E-state index in [1.807, 2.05) is 23.1 Å². The van der Waals surface area contributed by atoms with Crippen molar-refractivity contribution in [1.29, 1.82) is 0 Å². The molecule has 0 aromatic heterocycles. The van der Waals surface area contributed by atoms with Crippen molar-refractivity contribution in [1.82, 2.24) is 4.90 Å². The largest absolute Gasteiger partial charge is 0.490 e. The Morgan fingerprint density at radius 1 is 0.933 bits per heavy atom. The Hall–Kier alpha value is -2.66. The number of hydrogen-bond acceptors (Lipinski definition) is 4. The molecule has 5 rings (SSSR count). The van der Waals surface area contributed by atoms with Crippen molar-refractivity contribution in [3.63, 3.8) is 0 Å². The maximum atomic E-state index is 13.1. The van der Waals surface area contributed by atoms with E-state index < -0.39 is 0 Å². The number of hydrogen-bond donors (Lipinski definition) is 0. The molecule has 2 aliphatic rings. The normalized spacial score (nSPS) is 18.4. The van der Waals surface area contributed by atoms with Crippen LogP contribution in [0.25, 0.3) is 10.8 Å². The predicted molar refractivity (Wildman–Crippen MR) is 120 cm³/mol. The van der Waals surface area contributed by atoms with Crippen LogP contribution in [-0.2, 0) is 4.79 Å². The lowest BCUT2D eigenvalue weighted by Crippen LogP contribution is -2.32. The van der Waals surface area contributed by atoms with Crippen LogP contribution in [-0.4, -0.2) is 36.3 Å². The average molecular weight is 420 g/mol. The number of nitrogens with zero attached hydrogens (tertiary/aromatic N) is 1. The van der Waals surface area contributed by atoms with Crippen molar-refractivity contribution in [2.45, 2.75) is 30.2 Å². The van der Waals surface area contributed by atoms with Gasteiger partial charge in [-0.25, -0.2) is 0 Å². The van der Waals surface area contributed by atoms with E-state index in [9.17, 15) is 4.79 Å². The number of thioether (sulfide) groups is 1. The van der Waals surface area contributed by atoms with Gasteiger partial charge in [-0.3, -0.25) is 4.79 Å². The van der Waals surface area contributed by atoms with Crippen molar-refractivity contribution in [2.75, 3.05) is 25.5 Å². The summed E-state index contributed by atoms with van der Waals surface area (Å²) in [6.45, 7) is 2.18. The number of carbonyl (C=O) groups excluding carboxylic acids is 1. The summed E-state index contributed by atoms with van der Waals surface area (Å²) in [5.74, 6) is 2.26. The molecule has 4 nitrogen and oxygen atoms in total. The van der Waals surface area contributed by atoms with Gasteiger partial charge >= 0.3 is 0 Å². The molecule has 0 bridgehead atoms. The van der Waals surface area contributed by atoms with E-state index in [1.165, 1.54) is 10.8 Å². The van der Waals surface area contributed by atoms with Gasteiger partial charge in [0, 0.05) is 17.9 Å². The van der Waals surface area contributed by atoms with Crippen molar-refractivity contribution in [2.24, 2.45) is 0 Å². The molecule has 0 unspecified atom stereocenters. The molecular weight excluding hydrogens is 394 g/mol. The Balaban J connectivity index is 1.28. The van der Waals surface area contributed by atoms with Gasteiger partial charge in [-0.05, 0) is 53.4 Å². The number of rotatable bonds is 4. The van der Waals surface area contributed by atoms with Gasteiger partial charge in [-0.15, -0.1) is 11.8 Å². The average Bonchev–Trinajstić information content (AvgIpc) is 3.16. The predicted octanol–water partition coefficient (Wildman–Crippen LogP) is 5.46. The zero-order valence-corrected chi connectivity index (χ0v) is 17.7. The quantitative estimate of drug-likeness (QED) is 0.527. The van der Waals surface area contributed by atoms with Crippen molar-refractivity contribution in [3.05, 3.63) is 66.2 Å². The standard InChI is InChI=1S/C25H25NO3S/c27-25(17-30-21-10-8-18-5-1-2-6-19(18)15-21)26-12-3-7-22(26)20-9-11-23-24(16-20)29-14-4-13-28-23/h1-2,5-6,8-11,15-16,22H,3-4,7,12-14,17H2/t22-/m1/s1. The van der Waals surface area contributed by atoms with Crippen LogP contribution in [0.4, 0.5) is 0 Å². The maximum absolute atomic E-state index is 13.1. The fourth-order valence-electron chi connectivity index (χ4n) is 4.28. The van der Waals surface area contributed by atoms with Crippen LogP contribution in [0.15, 0.2) is 65.6 Å². The van der Waals surface area contributed by atoms with E-state index in [0.29, 0.717) is 19.0 Å². The van der Waals surface area contributed by atoms with Crippen molar-refractivity contribution in [3.8, 4) is 11.5 Å². The molecule has 3 aromatic rings. The number of fused-ring (bicyclic) bond motifs is 2. The lowest BCUT2D eigenvalue weighted by Gasteiger charge is -2.25. The Morgan fingerprint density at radius 2 is 1.77 bits per heavy atom. The number of likely N-dealkylation sites (tertiary alicyclic amines) is 1. The Bertz CT molecular complexity index is 1070. The summed E-state index contributed by atoms with van der Waals surface area (Å²) < 4.78 is 11.6.